The summed E-state index contributed by atoms with van der Waals surface area (Å²) < 4.78 is 11.0. The van der Waals surface area contributed by atoms with Gasteiger partial charge in [0, 0.05) is 6.54 Å². The largest absolute Gasteiger partial charge is 0.467 e. The molecule has 0 N–H and O–H groups in total. The summed E-state index contributed by atoms with van der Waals surface area (Å²) >= 11 is 0. The van der Waals surface area contributed by atoms with Crippen molar-refractivity contribution in [2.75, 3.05) is 13.7 Å². The van der Waals surface area contributed by atoms with Crippen LogP contribution >= 0.6 is 0 Å². The van der Waals surface area contributed by atoms with Crippen LogP contribution in [0.3, 0.4) is 0 Å². The SMILES string of the molecule is COC(=O)C1C(O[Si](C)(C)C(C)(C)C)CCN1N=O. The van der Waals surface area contributed by atoms with E-state index in [9.17, 15) is 9.70 Å². The van der Waals surface area contributed by atoms with Gasteiger partial charge < -0.3 is 9.16 Å². The van der Waals surface area contributed by atoms with Crippen molar-refractivity contribution >= 4 is 14.3 Å². The highest BCUT2D eigenvalue weighted by Crippen LogP contribution is 2.39. The topological polar surface area (TPSA) is 68.2 Å². The molecule has 0 bridgehead atoms. The van der Waals surface area contributed by atoms with Crippen LogP contribution in [0.1, 0.15) is 27.2 Å². The molecule has 1 saturated heterocycles. The number of esters is 1. The molecule has 0 aromatic rings. The van der Waals surface area contributed by atoms with Crippen molar-refractivity contribution in [3.05, 3.63) is 4.91 Å². The molecule has 0 amide bonds. The number of methoxy groups -OCH3 is 1. The van der Waals surface area contributed by atoms with Crippen molar-refractivity contribution in [3.63, 3.8) is 0 Å². The van der Waals surface area contributed by atoms with Crippen LogP contribution in [0.25, 0.3) is 0 Å². The molecule has 1 rings (SSSR count). The molecule has 1 aliphatic heterocycles. The van der Waals surface area contributed by atoms with Crippen molar-refractivity contribution in [3.8, 4) is 0 Å². The zero-order chi connectivity index (χ0) is 14.8. The molecule has 0 aromatic carbocycles. The second-order valence-corrected chi connectivity index (χ2v) is 11.2. The van der Waals surface area contributed by atoms with E-state index >= 15 is 0 Å². The predicted octanol–water partition coefficient (Wildman–Crippen LogP) is 2.31. The number of ether oxygens (including phenoxy) is 1. The number of hydrogen-bond donors (Lipinski definition) is 0. The molecule has 2 unspecified atom stereocenters. The molecule has 110 valence electrons. The van der Waals surface area contributed by atoms with Gasteiger partial charge in [-0.3, -0.25) is 0 Å². The van der Waals surface area contributed by atoms with Crippen molar-refractivity contribution in [1.29, 1.82) is 0 Å². The maximum absolute atomic E-state index is 11.8. The Labute approximate surface area is 115 Å². The minimum Gasteiger partial charge on any atom is -0.467 e. The monoisotopic (exact) mass is 288 g/mol. The van der Waals surface area contributed by atoms with Crippen LogP contribution in [-0.2, 0) is 14.0 Å². The van der Waals surface area contributed by atoms with Crippen LogP contribution in [0.5, 0.6) is 0 Å². The molecule has 7 heteroatoms. The van der Waals surface area contributed by atoms with Gasteiger partial charge >= 0.3 is 5.97 Å². The number of carbonyl (C=O) groups excluding carboxylic acids is 1. The van der Waals surface area contributed by atoms with Crippen molar-refractivity contribution in [2.45, 2.75) is 57.5 Å². The Morgan fingerprint density at radius 3 is 2.37 bits per heavy atom. The van der Waals surface area contributed by atoms with Crippen LogP contribution in [0.4, 0.5) is 0 Å². The third-order valence-corrected chi connectivity index (χ3v) is 8.62. The molecule has 6 nitrogen and oxygen atoms in total. The first-order valence-corrected chi connectivity index (χ1v) is 9.40. The van der Waals surface area contributed by atoms with Crippen LogP contribution in [0.2, 0.25) is 18.1 Å². The number of nitroso groups, excluding NO2 is 1. The van der Waals surface area contributed by atoms with Gasteiger partial charge in [0.15, 0.2) is 14.4 Å². The zero-order valence-corrected chi connectivity index (χ0v) is 13.6. The average molecular weight is 288 g/mol. The molecule has 1 aliphatic rings. The number of hydrogen-bond acceptors (Lipinski definition) is 5. The highest BCUT2D eigenvalue weighted by atomic mass is 28.4. The molecule has 0 aliphatic carbocycles. The van der Waals surface area contributed by atoms with Crippen molar-refractivity contribution in [1.82, 2.24) is 5.01 Å². The lowest BCUT2D eigenvalue weighted by Gasteiger charge is -2.39. The van der Waals surface area contributed by atoms with E-state index in [4.69, 9.17) is 9.16 Å². The van der Waals surface area contributed by atoms with E-state index in [1.54, 1.807) is 0 Å². The second-order valence-electron chi connectivity index (χ2n) is 6.42. The van der Waals surface area contributed by atoms with Gasteiger partial charge in [0.25, 0.3) is 0 Å². The molecule has 2 atom stereocenters. The third-order valence-electron chi connectivity index (χ3n) is 4.12. The maximum Gasteiger partial charge on any atom is 0.333 e. The van der Waals surface area contributed by atoms with Gasteiger partial charge in [-0.1, -0.05) is 20.8 Å². The summed E-state index contributed by atoms with van der Waals surface area (Å²) in [6.45, 7) is 11.1. The summed E-state index contributed by atoms with van der Waals surface area (Å²) in [6, 6.07) is -0.711. The first kappa shape index (κ1) is 16.1. The Hall–Kier alpha value is -0.953. The summed E-state index contributed by atoms with van der Waals surface area (Å²) in [5.41, 5.74) is 0. The standard InChI is InChI=1S/C12H24N2O4Si/c1-12(2,3)19(5,6)18-9-7-8-14(13-16)10(9)11(15)17-4/h9-10H,7-8H2,1-6H3. The zero-order valence-electron chi connectivity index (χ0n) is 12.6. The van der Waals surface area contributed by atoms with Crippen LogP contribution in [0.15, 0.2) is 5.29 Å². The maximum atomic E-state index is 11.8. The van der Waals surface area contributed by atoms with Gasteiger partial charge in [0.05, 0.1) is 18.5 Å². The first-order chi connectivity index (χ1) is 8.64. The normalized spacial score (nSPS) is 24.4. The number of nitrogens with zero attached hydrogens (tertiary/aromatic N) is 2. The summed E-state index contributed by atoms with van der Waals surface area (Å²) in [5, 5.41) is 4.18. The van der Waals surface area contributed by atoms with E-state index in [1.807, 2.05) is 0 Å². The van der Waals surface area contributed by atoms with E-state index in [1.165, 1.54) is 12.1 Å². The lowest BCUT2D eigenvalue weighted by Crippen LogP contribution is -2.49. The van der Waals surface area contributed by atoms with Crippen LogP contribution < -0.4 is 0 Å². The molecule has 1 fully saturated rings. The Morgan fingerprint density at radius 1 is 1.37 bits per heavy atom. The quantitative estimate of drug-likeness (QED) is 0.451. The van der Waals surface area contributed by atoms with E-state index in [0.717, 1.165) is 0 Å². The molecule has 1 heterocycles. The molecule has 0 saturated carbocycles. The molecule has 0 radical (unpaired) electrons. The Morgan fingerprint density at radius 2 is 1.95 bits per heavy atom. The van der Waals surface area contributed by atoms with E-state index in [2.05, 4.69) is 39.2 Å². The summed E-state index contributed by atoms with van der Waals surface area (Å²) in [5.74, 6) is -0.458. The first-order valence-electron chi connectivity index (χ1n) is 6.49. The Balaban J connectivity index is 2.88. The lowest BCUT2D eigenvalue weighted by molar-refractivity contribution is -0.148. The minimum absolute atomic E-state index is 0.0513. The third kappa shape index (κ3) is 3.33. The molecular formula is C12H24N2O4Si. The number of carbonyl (C=O) groups is 1. The Bertz CT molecular complexity index is 354. The van der Waals surface area contributed by atoms with Gasteiger partial charge in [-0.05, 0) is 24.6 Å². The summed E-state index contributed by atoms with van der Waals surface area (Å²) in [7, 11) is -0.678. The van der Waals surface area contributed by atoms with Gasteiger partial charge in [-0.2, -0.15) is 0 Å². The minimum atomic E-state index is -1.99. The van der Waals surface area contributed by atoms with Crippen molar-refractivity contribution in [2.24, 2.45) is 5.29 Å². The highest BCUT2D eigenvalue weighted by molar-refractivity contribution is 6.74. The molecular weight excluding hydrogens is 264 g/mol. The van der Waals surface area contributed by atoms with Gasteiger partial charge in [-0.25, -0.2) is 9.80 Å². The van der Waals surface area contributed by atoms with Crippen molar-refractivity contribution < 1.29 is 14.0 Å². The highest BCUT2D eigenvalue weighted by Gasteiger charge is 2.47. The van der Waals surface area contributed by atoms with E-state index < -0.39 is 20.3 Å². The summed E-state index contributed by atoms with van der Waals surface area (Å²) in [4.78, 5) is 22.6. The van der Waals surface area contributed by atoms with Crippen LogP contribution in [-0.4, -0.2) is 45.1 Å². The van der Waals surface area contributed by atoms with Gasteiger partial charge in [0.2, 0.25) is 0 Å². The van der Waals surface area contributed by atoms with Gasteiger partial charge in [-0.15, -0.1) is 4.91 Å². The molecule has 0 aromatic heterocycles. The lowest BCUT2D eigenvalue weighted by atomic mass is 10.2. The fourth-order valence-corrected chi connectivity index (χ4v) is 3.27. The summed E-state index contributed by atoms with van der Waals surface area (Å²) in [6.07, 6.45) is 0.309. The van der Waals surface area contributed by atoms with Crippen LogP contribution in [0, 0.1) is 4.91 Å². The molecule has 0 spiro atoms. The fourth-order valence-electron chi connectivity index (χ4n) is 1.91. The Kier molecular flexibility index (Phi) is 4.73. The van der Waals surface area contributed by atoms with E-state index in [0.29, 0.717) is 13.0 Å². The van der Waals surface area contributed by atoms with E-state index in [-0.39, 0.29) is 11.1 Å². The smallest absolute Gasteiger partial charge is 0.333 e. The average Bonchev–Trinajstić information content (AvgIpc) is 2.68. The van der Waals surface area contributed by atoms with Gasteiger partial charge in [0.1, 0.15) is 0 Å². The predicted molar refractivity (Wildman–Crippen MR) is 75.0 cm³/mol. The fraction of sp³-hybridized carbons (Fsp3) is 0.917. The molecule has 19 heavy (non-hydrogen) atoms. The number of rotatable bonds is 4. The second kappa shape index (κ2) is 5.58.